The van der Waals surface area contributed by atoms with E-state index in [9.17, 15) is 0 Å². The van der Waals surface area contributed by atoms with Crippen LogP contribution in [0.3, 0.4) is 0 Å². The van der Waals surface area contributed by atoms with Crippen molar-refractivity contribution >= 4 is 0 Å². The zero-order chi connectivity index (χ0) is 9.68. The molecular weight excluding hydrogens is 166 g/mol. The van der Waals surface area contributed by atoms with Gasteiger partial charge in [0.25, 0.3) is 0 Å². The molecular formula is C10H17NO2. The highest BCUT2D eigenvalue weighted by Gasteiger charge is 2.06. The Morgan fingerprint density at radius 3 is 2.85 bits per heavy atom. The van der Waals surface area contributed by atoms with Crippen molar-refractivity contribution in [3.05, 3.63) is 23.7 Å². The summed E-state index contributed by atoms with van der Waals surface area (Å²) in [6.07, 6.45) is 2.61. The predicted octanol–water partition coefficient (Wildman–Crippen LogP) is 1.45. The second kappa shape index (κ2) is 5.04. The molecule has 2 N–H and O–H groups in total. The molecule has 0 aliphatic carbocycles. The second-order valence-electron chi connectivity index (χ2n) is 3.20. The summed E-state index contributed by atoms with van der Waals surface area (Å²) in [5.74, 6) is 0.951. The van der Waals surface area contributed by atoms with E-state index >= 15 is 0 Å². The zero-order valence-corrected chi connectivity index (χ0v) is 8.21. The maximum atomic E-state index is 8.93. The highest BCUT2D eigenvalue weighted by Crippen LogP contribution is 2.08. The van der Waals surface area contributed by atoms with Crippen molar-refractivity contribution < 1.29 is 9.52 Å². The zero-order valence-electron chi connectivity index (χ0n) is 8.21. The van der Waals surface area contributed by atoms with Gasteiger partial charge in [-0.05, 0) is 25.0 Å². The van der Waals surface area contributed by atoms with Crippen LogP contribution < -0.4 is 5.32 Å². The van der Waals surface area contributed by atoms with Gasteiger partial charge in [0.05, 0.1) is 19.4 Å². The van der Waals surface area contributed by atoms with Crippen molar-refractivity contribution in [2.75, 3.05) is 6.61 Å². The first-order valence-corrected chi connectivity index (χ1v) is 4.65. The molecule has 0 saturated heterocycles. The first kappa shape index (κ1) is 10.3. The van der Waals surface area contributed by atoms with E-state index in [1.165, 1.54) is 0 Å². The van der Waals surface area contributed by atoms with Crippen molar-refractivity contribution in [2.24, 2.45) is 0 Å². The lowest BCUT2D eigenvalue weighted by atomic mass is 10.2. The van der Waals surface area contributed by atoms with E-state index in [1.807, 2.05) is 19.9 Å². The number of rotatable bonds is 5. The Balaban J connectivity index is 2.38. The fourth-order valence-electron chi connectivity index (χ4n) is 1.16. The minimum Gasteiger partial charge on any atom is -0.468 e. The van der Waals surface area contributed by atoms with Crippen LogP contribution in [0.5, 0.6) is 0 Å². The molecule has 0 bridgehead atoms. The number of aliphatic hydroxyl groups excluding tert-OH is 1. The van der Waals surface area contributed by atoms with Gasteiger partial charge in [-0.15, -0.1) is 0 Å². The quantitative estimate of drug-likeness (QED) is 0.726. The fraction of sp³-hybridized carbons (Fsp3) is 0.600. The van der Waals surface area contributed by atoms with Crippen LogP contribution in [0, 0.1) is 6.92 Å². The molecule has 1 rings (SSSR count). The van der Waals surface area contributed by atoms with Gasteiger partial charge in [0.2, 0.25) is 0 Å². The van der Waals surface area contributed by atoms with Crippen LogP contribution in [0.1, 0.15) is 24.7 Å². The summed E-state index contributed by atoms with van der Waals surface area (Å²) >= 11 is 0. The highest BCUT2D eigenvalue weighted by atomic mass is 16.3. The molecule has 0 spiro atoms. The van der Waals surface area contributed by atoms with E-state index in [2.05, 4.69) is 5.32 Å². The van der Waals surface area contributed by atoms with Gasteiger partial charge in [-0.2, -0.15) is 0 Å². The van der Waals surface area contributed by atoms with Crippen molar-refractivity contribution in [3.8, 4) is 0 Å². The van der Waals surface area contributed by atoms with Crippen LogP contribution >= 0.6 is 0 Å². The van der Waals surface area contributed by atoms with Crippen molar-refractivity contribution in [2.45, 2.75) is 32.9 Å². The molecule has 0 fully saturated rings. The third-order valence-corrected chi connectivity index (χ3v) is 2.23. The average Bonchev–Trinajstić information content (AvgIpc) is 2.54. The van der Waals surface area contributed by atoms with Crippen LogP contribution in [0.15, 0.2) is 16.7 Å². The van der Waals surface area contributed by atoms with Crippen LogP contribution in [-0.2, 0) is 6.54 Å². The molecule has 1 heterocycles. The summed E-state index contributed by atoms with van der Waals surface area (Å²) in [5, 5.41) is 12.1. The molecule has 74 valence electrons. The van der Waals surface area contributed by atoms with Crippen molar-refractivity contribution in [1.29, 1.82) is 0 Å². The van der Waals surface area contributed by atoms with E-state index in [-0.39, 0.29) is 12.6 Å². The average molecular weight is 183 g/mol. The van der Waals surface area contributed by atoms with E-state index < -0.39 is 0 Å². The number of aliphatic hydroxyl groups is 1. The third-order valence-electron chi connectivity index (χ3n) is 2.23. The Kier molecular flexibility index (Phi) is 3.99. The Labute approximate surface area is 78.8 Å². The molecule has 1 aromatic rings. The molecule has 0 saturated carbocycles. The van der Waals surface area contributed by atoms with Crippen LogP contribution in [0.25, 0.3) is 0 Å². The largest absolute Gasteiger partial charge is 0.468 e. The fourth-order valence-corrected chi connectivity index (χ4v) is 1.16. The number of furan rings is 1. The maximum Gasteiger partial charge on any atom is 0.120 e. The summed E-state index contributed by atoms with van der Waals surface area (Å²) in [6, 6.07) is 2.11. The topological polar surface area (TPSA) is 45.4 Å². The molecule has 0 aliphatic heterocycles. The molecule has 1 atom stereocenters. The van der Waals surface area contributed by atoms with E-state index in [0.29, 0.717) is 6.54 Å². The van der Waals surface area contributed by atoms with E-state index in [0.717, 1.165) is 17.7 Å². The monoisotopic (exact) mass is 183 g/mol. The van der Waals surface area contributed by atoms with Crippen LogP contribution in [-0.4, -0.2) is 17.8 Å². The molecule has 0 aromatic carbocycles. The number of aryl methyl sites for hydroxylation is 1. The second-order valence-corrected chi connectivity index (χ2v) is 3.20. The summed E-state index contributed by atoms with van der Waals surface area (Å²) < 4.78 is 5.26. The Hall–Kier alpha value is -0.800. The number of hydrogen-bond acceptors (Lipinski definition) is 3. The predicted molar refractivity (Wildman–Crippen MR) is 51.4 cm³/mol. The summed E-state index contributed by atoms with van der Waals surface area (Å²) in [5.41, 5.74) is 1.15. The van der Waals surface area contributed by atoms with Gasteiger partial charge in [0.15, 0.2) is 0 Å². The molecule has 0 unspecified atom stereocenters. The molecule has 1 aromatic heterocycles. The first-order valence-electron chi connectivity index (χ1n) is 4.65. The van der Waals surface area contributed by atoms with Gasteiger partial charge in [-0.1, -0.05) is 6.92 Å². The maximum absolute atomic E-state index is 8.93. The third kappa shape index (κ3) is 2.86. The van der Waals surface area contributed by atoms with Gasteiger partial charge >= 0.3 is 0 Å². The van der Waals surface area contributed by atoms with Gasteiger partial charge < -0.3 is 14.8 Å². The molecule has 3 nitrogen and oxygen atoms in total. The SMILES string of the molecule is CC[C@H](CO)NCc1occc1C. The molecule has 3 heteroatoms. The van der Waals surface area contributed by atoms with Gasteiger partial charge in [-0.25, -0.2) is 0 Å². The van der Waals surface area contributed by atoms with Gasteiger partial charge in [0.1, 0.15) is 5.76 Å². The Morgan fingerprint density at radius 2 is 2.38 bits per heavy atom. The number of nitrogens with one attached hydrogen (secondary N) is 1. The van der Waals surface area contributed by atoms with Crippen molar-refractivity contribution in [1.82, 2.24) is 5.32 Å². The molecule has 13 heavy (non-hydrogen) atoms. The number of hydrogen-bond donors (Lipinski definition) is 2. The lowest BCUT2D eigenvalue weighted by molar-refractivity contribution is 0.235. The summed E-state index contributed by atoms with van der Waals surface area (Å²) in [6.45, 7) is 4.93. The lowest BCUT2D eigenvalue weighted by Gasteiger charge is -2.12. The van der Waals surface area contributed by atoms with Crippen LogP contribution in [0.4, 0.5) is 0 Å². The standard InChI is InChI=1S/C10H17NO2/c1-3-9(7-12)11-6-10-8(2)4-5-13-10/h4-5,9,11-12H,3,6-7H2,1-2H3/t9-/m1/s1. The minimum atomic E-state index is 0.171. The Bertz CT molecular complexity index is 241. The smallest absolute Gasteiger partial charge is 0.120 e. The normalized spacial score (nSPS) is 13.2. The lowest BCUT2D eigenvalue weighted by Crippen LogP contribution is -2.31. The highest BCUT2D eigenvalue weighted by molar-refractivity contribution is 5.14. The minimum absolute atomic E-state index is 0.171. The van der Waals surface area contributed by atoms with Gasteiger partial charge in [0, 0.05) is 6.04 Å². The Morgan fingerprint density at radius 1 is 1.62 bits per heavy atom. The van der Waals surface area contributed by atoms with Crippen molar-refractivity contribution in [3.63, 3.8) is 0 Å². The summed E-state index contributed by atoms with van der Waals surface area (Å²) in [7, 11) is 0. The summed E-state index contributed by atoms with van der Waals surface area (Å²) in [4.78, 5) is 0. The molecule has 0 aliphatic rings. The van der Waals surface area contributed by atoms with E-state index in [1.54, 1.807) is 6.26 Å². The molecule has 0 radical (unpaired) electrons. The van der Waals surface area contributed by atoms with E-state index in [4.69, 9.17) is 9.52 Å². The van der Waals surface area contributed by atoms with Gasteiger partial charge in [-0.3, -0.25) is 0 Å². The molecule has 0 amide bonds. The van der Waals surface area contributed by atoms with Crippen LogP contribution in [0.2, 0.25) is 0 Å². The first-order chi connectivity index (χ1) is 6.27.